The Kier molecular flexibility index (Phi) is 9.88. The lowest BCUT2D eigenvalue weighted by Gasteiger charge is -2.17. The van der Waals surface area contributed by atoms with Gasteiger partial charge in [-0.3, -0.25) is 0 Å². The van der Waals surface area contributed by atoms with Crippen LogP contribution in [0, 0.1) is 13.8 Å². The van der Waals surface area contributed by atoms with E-state index in [1.165, 1.54) is 49.3 Å². The SMILES string of the molecule is Cc1ccc(-c2ccc3c4ccc(-c5ccc(C)cc5)cc4n(-c4ccc(-c5ccc6c(c5)c5ccccc5n6-c5ccccc5)cc4-c4nc(-c5ccccc5)nc(-c5ccccc5)n4)c3c2)cc1. The maximum atomic E-state index is 5.40. The lowest BCUT2D eigenvalue weighted by atomic mass is 9.99. The Morgan fingerprint density at radius 1 is 0.271 bits per heavy atom. The number of aromatic nitrogens is 5. The first-order valence-electron chi connectivity index (χ1n) is 23.8. The second kappa shape index (κ2) is 16.8. The first-order valence-corrected chi connectivity index (χ1v) is 23.8. The summed E-state index contributed by atoms with van der Waals surface area (Å²) >= 11 is 0. The molecule has 0 saturated carbocycles. The molecule has 10 aromatic carbocycles. The van der Waals surface area contributed by atoms with E-state index >= 15 is 0 Å². The van der Waals surface area contributed by atoms with Crippen LogP contribution in [-0.2, 0) is 0 Å². The fraction of sp³-hybridized carbons (Fsp3) is 0.0308. The average Bonchev–Trinajstić information content (AvgIpc) is 3.93. The zero-order valence-corrected chi connectivity index (χ0v) is 38.8. The highest BCUT2D eigenvalue weighted by Gasteiger charge is 2.22. The predicted molar refractivity (Wildman–Crippen MR) is 291 cm³/mol. The van der Waals surface area contributed by atoms with Gasteiger partial charge >= 0.3 is 0 Å². The van der Waals surface area contributed by atoms with E-state index in [-0.39, 0.29) is 0 Å². The van der Waals surface area contributed by atoms with Crippen molar-refractivity contribution in [3.63, 3.8) is 0 Å². The Balaban J connectivity index is 1.10. The first-order chi connectivity index (χ1) is 34.5. The smallest absolute Gasteiger partial charge is 0.166 e. The van der Waals surface area contributed by atoms with Crippen LogP contribution in [-0.4, -0.2) is 24.1 Å². The van der Waals surface area contributed by atoms with Crippen LogP contribution in [0.5, 0.6) is 0 Å². The van der Waals surface area contributed by atoms with E-state index in [0.717, 1.165) is 66.9 Å². The van der Waals surface area contributed by atoms with Crippen molar-refractivity contribution in [2.45, 2.75) is 13.8 Å². The summed E-state index contributed by atoms with van der Waals surface area (Å²) < 4.78 is 4.80. The van der Waals surface area contributed by atoms with Gasteiger partial charge in [0, 0.05) is 43.9 Å². The second-order valence-corrected chi connectivity index (χ2v) is 18.2. The summed E-state index contributed by atoms with van der Waals surface area (Å²) in [7, 11) is 0. The minimum Gasteiger partial charge on any atom is -0.309 e. The number of hydrogen-bond donors (Lipinski definition) is 0. The fourth-order valence-electron chi connectivity index (χ4n) is 10.2. The van der Waals surface area contributed by atoms with Gasteiger partial charge < -0.3 is 9.13 Å². The van der Waals surface area contributed by atoms with Crippen LogP contribution >= 0.6 is 0 Å². The molecule has 3 heterocycles. The van der Waals surface area contributed by atoms with Crippen molar-refractivity contribution in [1.29, 1.82) is 0 Å². The van der Waals surface area contributed by atoms with Gasteiger partial charge in [-0.1, -0.05) is 193 Å². The molecule has 0 spiro atoms. The van der Waals surface area contributed by atoms with Crippen molar-refractivity contribution in [2.75, 3.05) is 0 Å². The minimum absolute atomic E-state index is 0.589. The lowest BCUT2D eigenvalue weighted by Crippen LogP contribution is -2.04. The van der Waals surface area contributed by atoms with Crippen molar-refractivity contribution >= 4 is 43.6 Å². The number of hydrogen-bond acceptors (Lipinski definition) is 3. The first kappa shape index (κ1) is 41.0. The van der Waals surface area contributed by atoms with Crippen LogP contribution in [0.25, 0.3) is 123 Å². The highest BCUT2D eigenvalue weighted by molar-refractivity contribution is 6.12. The zero-order valence-electron chi connectivity index (χ0n) is 38.8. The molecular formula is C65H45N5. The number of para-hydroxylation sites is 2. The third kappa shape index (κ3) is 7.15. The van der Waals surface area contributed by atoms with Crippen molar-refractivity contribution in [3.05, 3.63) is 248 Å². The quantitative estimate of drug-likeness (QED) is 0.153. The molecule has 3 aromatic heterocycles. The molecule has 0 bridgehead atoms. The minimum atomic E-state index is 0.589. The second-order valence-electron chi connectivity index (χ2n) is 18.2. The Bertz CT molecular complexity index is 3940. The van der Waals surface area contributed by atoms with E-state index in [9.17, 15) is 0 Å². The van der Waals surface area contributed by atoms with Crippen molar-refractivity contribution in [1.82, 2.24) is 24.1 Å². The van der Waals surface area contributed by atoms with E-state index in [4.69, 9.17) is 15.0 Å². The van der Waals surface area contributed by atoms with Gasteiger partial charge in [-0.05, 0) is 102 Å². The van der Waals surface area contributed by atoms with E-state index < -0.39 is 0 Å². The number of rotatable bonds is 8. The fourth-order valence-corrected chi connectivity index (χ4v) is 10.2. The largest absolute Gasteiger partial charge is 0.309 e. The van der Waals surface area contributed by atoms with E-state index in [2.05, 4.69) is 223 Å². The van der Waals surface area contributed by atoms with Crippen LogP contribution in [0.4, 0.5) is 0 Å². The number of benzene rings is 10. The molecule has 13 rings (SSSR count). The summed E-state index contributed by atoms with van der Waals surface area (Å²) in [6.07, 6.45) is 0. The van der Waals surface area contributed by atoms with Crippen LogP contribution in [0.15, 0.2) is 237 Å². The van der Waals surface area contributed by atoms with Crippen LogP contribution in [0.1, 0.15) is 11.1 Å². The third-order valence-electron chi connectivity index (χ3n) is 13.7. The van der Waals surface area contributed by atoms with Crippen LogP contribution in [0.3, 0.4) is 0 Å². The van der Waals surface area contributed by atoms with Crippen LogP contribution < -0.4 is 0 Å². The standard InChI is InChI=1S/C65H45N5/c1-42-22-26-44(27-23-42)50-30-34-54-55-35-31-51(45-28-24-43(2)25-29-45)41-62(55)70(61(54)40-50)60-37-33-49(48-32-36-59-56(38-48)53-20-12-13-21-58(53)69(59)52-18-10-5-11-19-52)39-57(60)65-67-63(46-14-6-3-7-15-46)66-64(68-65)47-16-8-4-9-17-47/h3-41H,1-2H3. The molecule has 0 radical (unpaired) electrons. The highest BCUT2D eigenvalue weighted by Crippen LogP contribution is 2.42. The molecule has 0 fully saturated rings. The molecule has 0 unspecified atom stereocenters. The average molecular weight is 896 g/mol. The molecular weight excluding hydrogens is 851 g/mol. The molecule has 0 aliphatic heterocycles. The van der Waals surface area contributed by atoms with Crippen molar-refractivity contribution in [2.24, 2.45) is 0 Å². The third-order valence-corrected chi connectivity index (χ3v) is 13.7. The molecule has 0 atom stereocenters. The summed E-state index contributed by atoms with van der Waals surface area (Å²) in [5.41, 5.74) is 18.6. The Morgan fingerprint density at radius 2 is 0.700 bits per heavy atom. The number of aryl methyl sites for hydroxylation is 2. The van der Waals surface area contributed by atoms with Crippen molar-refractivity contribution < 1.29 is 0 Å². The maximum absolute atomic E-state index is 5.40. The highest BCUT2D eigenvalue weighted by atomic mass is 15.1. The van der Waals surface area contributed by atoms with Gasteiger partial charge in [-0.2, -0.15) is 0 Å². The summed E-state index contributed by atoms with van der Waals surface area (Å²) in [6, 6.07) is 84.8. The Hall–Kier alpha value is -9.19. The normalized spacial score (nSPS) is 11.6. The molecule has 0 amide bonds. The topological polar surface area (TPSA) is 48.5 Å². The Morgan fingerprint density at radius 3 is 1.29 bits per heavy atom. The maximum Gasteiger partial charge on any atom is 0.166 e. The van der Waals surface area contributed by atoms with Gasteiger partial charge in [0.05, 0.1) is 27.8 Å². The van der Waals surface area contributed by atoms with Gasteiger partial charge in [0.25, 0.3) is 0 Å². The monoisotopic (exact) mass is 895 g/mol. The molecule has 5 nitrogen and oxygen atoms in total. The van der Waals surface area contributed by atoms with Gasteiger partial charge in [-0.15, -0.1) is 0 Å². The number of fused-ring (bicyclic) bond motifs is 6. The molecule has 5 heteroatoms. The van der Waals surface area contributed by atoms with Gasteiger partial charge in [-0.25, -0.2) is 15.0 Å². The van der Waals surface area contributed by atoms with Gasteiger partial charge in [0.2, 0.25) is 0 Å². The Labute approximate surface area is 406 Å². The molecule has 70 heavy (non-hydrogen) atoms. The molecule has 0 aliphatic rings. The lowest BCUT2D eigenvalue weighted by molar-refractivity contribution is 1.06. The number of nitrogens with zero attached hydrogens (tertiary/aromatic N) is 5. The molecule has 0 N–H and O–H groups in total. The van der Waals surface area contributed by atoms with Gasteiger partial charge in [0.15, 0.2) is 17.5 Å². The van der Waals surface area contributed by atoms with Gasteiger partial charge in [0.1, 0.15) is 0 Å². The van der Waals surface area contributed by atoms with Crippen LogP contribution in [0.2, 0.25) is 0 Å². The zero-order chi connectivity index (χ0) is 46.7. The summed E-state index contributed by atoms with van der Waals surface area (Å²) in [4.78, 5) is 15.9. The summed E-state index contributed by atoms with van der Waals surface area (Å²) in [6.45, 7) is 4.27. The molecule has 0 saturated heterocycles. The van der Waals surface area contributed by atoms with E-state index in [0.29, 0.717) is 17.5 Å². The summed E-state index contributed by atoms with van der Waals surface area (Å²) in [5, 5.41) is 4.73. The predicted octanol–water partition coefficient (Wildman–Crippen LogP) is 16.7. The van der Waals surface area contributed by atoms with E-state index in [1.54, 1.807) is 0 Å². The van der Waals surface area contributed by atoms with Crippen molar-refractivity contribution in [3.8, 4) is 78.9 Å². The molecule has 13 aromatic rings. The summed E-state index contributed by atoms with van der Waals surface area (Å²) in [5.74, 6) is 1.81. The molecule has 330 valence electrons. The molecule has 0 aliphatic carbocycles. The van der Waals surface area contributed by atoms with E-state index in [1.807, 2.05) is 36.4 Å².